The van der Waals surface area contributed by atoms with Gasteiger partial charge in [-0.2, -0.15) is 0 Å². The van der Waals surface area contributed by atoms with Crippen LogP contribution in [-0.2, 0) is 16.0 Å². The van der Waals surface area contributed by atoms with Crippen LogP contribution in [0.2, 0.25) is 0 Å². The second-order valence-electron chi connectivity index (χ2n) is 5.12. The zero-order valence-corrected chi connectivity index (χ0v) is 11.7. The Balaban J connectivity index is 2.68. The molecular weight excluding hydrogens is 240 g/mol. The Morgan fingerprint density at radius 1 is 1.32 bits per heavy atom. The van der Waals surface area contributed by atoms with Gasteiger partial charge < -0.3 is 15.4 Å². The van der Waals surface area contributed by atoms with E-state index in [4.69, 9.17) is 5.73 Å². The topological polar surface area (TPSA) is 63.4 Å². The van der Waals surface area contributed by atoms with Gasteiger partial charge in [0.2, 0.25) is 5.91 Å². The van der Waals surface area contributed by atoms with Crippen LogP contribution >= 0.6 is 0 Å². The van der Waals surface area contributed by atoms with Crippen molar-refractivity contribution in [2.75, 3.05) is 7.05 Å². The van der Waals surface area contributed by atoms with Crippen LogP contribution in [-0.4, -0.2) is 36.2 Å². The van der Waals surface area contributed by atoms with Crippen LogP contribution in [0.15, 0.2) is 30.3 Å². The predicted molar refractivity (Wildman–Crippen MR) is 75.6 cm³/mol. The molecule has 0 aliphatic heterocycles. The molecule has 0 saturated heterocycles. The van der Waals surface area contributed by atoms with E-state index in [2.05, 4.69) is 0 Å². The summed E-state index contributed by atoms with van der Waals surface area (Å²) >= 11 is 0. The van der Waals surface area contributed by atoms with Crippen molar-refractivity contribution in [2.24, 2.45) is 11.7 Å². The number of amides is 1. The van der Waals surface area contributed by atoms with Gasteiger partial charge in [0.15, 0.2) is 0 Å². The van der Waals surface area contributed by atoms with Gasteiger partial charge in [0.05, 0.1) is 12.1 Å². The lowest BCUT2D eigenvalue weighted by molar-refractivity contribution is -0.137. The Morgan fingerprint density at radius 3 is 2.37 bits per heavy atom. The maximum absolute atomic E-state index is 12.2. The Kier molecular flexibility index (Phi) is 5.70. The van der Waals surface area contributed by atoms with Gasteiger partial charge in [-0.1, -0.05) is 44.2 Å². The van der Waals surface area contributed by atoms with Crippen molar-refractivity contribution >= 4 is 12.2 Å². The van der Waals surface area contributed by atoms with Gasteiger partial charge in [-0.05, 0) is 17.9 Å². The number of likely N-dealkylation sites (N-methyl/N-ethyl adjacent to an activating group) is 1. The molecule has 1 aromatic carbocycles. The lowest BCUT2D eigenvalue weighted by atomic mass is 10.0. The smallest absolute Gasteiger partial charge is 0.240 e. The quantitative estimate of drug-likeness (QED) is 0.784. The first-order chi connectivity index (χ1) is 8.97. The number of nitrogens with zero attached hydrogens (tertiary/aromatic N) is 1. The van der Waals surface area contributed by atoms with Gasteiger partial charge >= 0.3 is 0 Å². The Morgan fingerprint density at radius 2 is 1.89 bits per heavy atom. The minimum Gasteiger partial charge on any atom is -0.334 e. The standard InChI is InChI=1S/C15H22N2O2/c1-11(2)14(10-18)17(3)15(19)13(16)9-12-7-5-4-6-8-12/h4-8,10-11,13-14H,9,16H2,1-3H3/t13-,14+/m0/s1. The lowest BCUT2D eigenvalue weighted by Gasteiger charge is -2.29. The van der Waals surface area contributed by atoms with E-state index < -0.39 is 12.1 Å². The van der Waals surface area contributed by atoms with Crippen LogP contribution in [0.3, 0.4) is 0 Å². The first-order valence-corrected chi connectivity index (χ1v) is 6.48. The van der Waals surface area contributed by atoms with E-state index in [0.29, 0.717) is 6.42 Å². The molecule has 0 bridgehead atoms. The van der Waals surface area contributed by atoms with Crippen LogP contribution < -0.4 is 5.73 Å². The largest absolute Gasteiger partial charge is 0.334 e. The van der Waals surface area contributed by atoms with Gasteiger partial charge in [-0.25, -0.2) is 0 Å². The Hall–Kier alpha value is -1.68. The zero-order chi connectivity index (χ0) is 14.4. The fourth-order valence-electron chi connectivity index (χ4n) is 2.06. The van der Waals surface area contributed by atoms with Crippen molar-refractivity contribution in [3.8, 4) is 0 Å². The molecule has 0 saturated carbocycles. The molecule has 0 aromatic heterocycles. The lowest BCUT2D eigenvalue weighted by Crippen LogP contribution is -2.49. The van der Waals surface area contributed by atoms with E-state index in [-0.39, 0.29) is 11.8 Å². The van der Waals surface area contributed by atoms with Crippen molar-refractivity contribution in [3.63, 3.8) is 0 Å². The highest BCUT2D eigenvalue weighted by Gasteiger charge is 2.26. The third-order valence-electron chi connectivity index (χ3n) is 3.23. The maximum Gasteiger partial charge on any atom is 0.240 e. The summed E-state index contributed by atoms with van der Waals surface area (Å²) < 4.78 is 0. The van der Waals surface area contributed by atoms with E-state index in [0.717, 1.165) is 11.8 Å². The zero-order valence-electron chi connectivity index (χ0n) is 11.7. The van der Waals surface area contributed by atoms with Crippen molar-refractivity contribution in [2.45, 2.75) is 32.4 Å². The minimum absolute atomic E-state index is 0.0791. The monoisotopic (exact) mass is 262 g/mol. The fourth-order valence-corrected chi connectivity index (χ4v) is 2.06. The van der Waals surface area contributed by atoms with E-state index in [1.165, 1.54) is 4.90 Å². The fraction of sp³-hybridized carbons (Fsp3) is 0.467. The molecule has 104 valence electrons. The number of hydrogen-bond acceptors (Lipinski definition) is 3. The molecule has 0 aliphatic carbocycles. The summed E-state index contributed by atoms with van der Waals surface area (Å²) in [5.74, 6) is -0.120. The maximum atomic E-state index is 12.2. The first-order valence-electron chi connectivity index (χ1n) is 6.48. The molecule has 19 heavy (non-hydrogen) atoms. The molecule has 2 atom stereocenters. The highest BCUT2D eigenvalue weighted by atomic mass is 16.2. The molecule has 0 heterocycles. The average molecular weight is 262 g/mol. The first kappa shape index (κ1) is 15.4. The summed E-state index contributed by atoms with van der Waals surface area (Å²) in [7, 11) is 1.63. The molecule has 4 heteroatoms. The third kappa shape index (κ3) is 4.17. The third-order valence-corrected chi connectivity index (χ3v) is 3.23. The average Bonchev–Trinajstić information content (AvgIpc) is 2.39. The summed E-state index contributed by atoms with van der Waals surface area (Å²) in [5.41, 5.74) is 6.95. The Labute approximate surface area is 114 Å². The molecule has 0 fully saturated rings. The molecule has 1 rings (SSSR count). The molecule has 0 spiro atoms. The normalized spacial score (nSPS) is 13.9. The molecule has 1 aromatic rings. The number of nitrogens with two attached hydrogens (primary N) is 1. The van der Waals surface area contributed by atoms with Gasteiger partial charge in [0.25, 0.3) is 0 Å². The summed E-state index contributed by atoms with van der Waals surface area (Å²) in [6.07, 6.45) is 1.28. The van der Waals surface area contributed by atoms with E-state index in [1.807, 2.05) is 44.2 Å². The molecule has 2 N–H and O–H groups in total. The Bertz CT molecular complexity index is 417. The number of carbonyl (C=O) groups excluding carboxylic acids is 2. The highest BCUT2D eigenvalue weighted by molar-refractivity contribution is 5.84. The van der Waals surface area contributed by atoms with Crippen LogP contribution in [0.1, 0.15) is 19.4 Å². The van der Waals surface area contributed by atoms with E-state index in [9.17, 15) is 9.59 Å². The molecule has 0 aliphatic rings. The van der Waals surface area contributed by atoms with E-state index in [1.54, 1.807) is 7.05 Å². The van der Waals surface area contributed by atoms with Gasteiger partial charge in [-0.15, -0.1) is 0 Å². The van der Waals surface area contributed by atoms with Crippen molar-refractivity contribution in [1.82, 2.24) is 4.90 Å². The summed E-state index contributed by atoms with van der Waals surface area (Å²) in [5, 5.41) is 0. The molecule has 0 radical (unpaired) electrons. The van der Waals surface area contributed by atoms with Crippen LogP contribution in [0.25, 0.3) is 0 Å². The number of rotatable bonds is 6. The molecule has 1 amide bonds. The highest BCUT2D eigenvalue weighted by Crippen LogP contribution is 2.10. The number of benzene rings is 1. The molecule has 0 unspecified atom stereocenters. The predicted octanol–water partition coefficient (Wildman–Crippen LogP) is 1.24. The van der Waals surface area contributed by atoms with Crippen molar-refractivity contribution in [3.05, 3.63) is 35.9 Å². The number of hydrogen-bond donors (Lipinski definition) is 1. The summed E-state index contributed by atoms with van der Waals surface area (Å²) in [4.78, 5) is 24.7. The second kappa shape index (κ2) is 7.04. The minimum atomic E-state index is -0.617. The number of aldehydes is 1. The van der Waals surface area contributed by atoms with Crippen molar-refractivity contribution < 1.29 is 9.59 Å². The van der Waals surface area contributed by atoms with Crippen molar-refractivity contribution in [1.29, 1.82) is 0 Å². The number of carbonyl (C=O) groups is 2. The molecule has 4 nitrogen and oxygen atoms in total. The van der Waals surface area contributed by atoms with Gasteiger partial charge in [0.1, 0.15) is 6.29 Å². The SMILES string of the molecule is CC(C)[C@@H](C=O)N(C)C(=O)[C@@H](N)Cc1ccccc1. The van der Waals surface area contributed by atoms with Gasteiger partial charge in [0, 0.05) is 7.05 Å². The summed E-state index contributed by atoms with van der Waals surface area (Å²) in [6, 6.07) is 8.59. The van der Waals surface area contributed by atoms with Crippen LogP contribution in [0.4, 0.5) is 0 Å². The second-order valence-corrected chi connectivity index (χ2v) is 5.12. The van der Waals surface area contributed by atoms with Crippen LogP contribution in [0, 0.1) is 5.92 Å². The van der Waals surface area contributed by atoms with E-state index >= 15 is 0 Å². The van der Waals surface area contributed by atoms with Crippen LogP contribution in [0.5, 0.6) is 0 Å². The summed E-state index contributed by atoms with van der Waals surface area (Å²) in [6.45, 7) is 3.82. The van der Waals surface area contributed by atoms with Gasteiger partial charge in [-0.3, -0.25) is 4.79 Å². The molecular formula is C15H22N2O2.